The molecule has 21 heavy (non-hydrogen) atoms. The second-order valence-corrected chi connectivity index (χ2v) is 5.44. The summed E-state index contributed by atoms with van der Waals surface area (Å²) in [6.45, 7) is 1.47. The molecule has 1 fully saturated rings. The van der Waals surface area contributed by atoms with Gasteiger partial charge in [-0.3, -0.25) is 0 Å². The molecule has 0 radical (unpaired) electrons. The molecule has 1 N–H and O–H groups in total. The fourth-order valence-electron chi connectivity index (χ4n) is 2.22. The molecule has 3 heteroatoms. The molecule has 0 amide bonds. The molecule has 1 saturated carbocycles. The van der Waals surface area contributed by atoms with Crippen molar-refractivity contribution in [3.63, 3.8) is 0 Å². The van der Waals surface area contributed by atoms with E-state index in [4.69, 9.17) is 9.47 Å². The Balaban J connectivity index is 1.57. The maximum absolute atomic E-state index is 5.87. The van der Waals surface area contributed by atoms with Crippen LogP contribution in [0, 0.1) is 0 Å². The Morgan fingerprint density at radius 1 is 1.00 bits per heavy atom. The minimum absolute atomic E-state index is 0.552. The van der Waals surface area contributed by atoms with Gasteiger partial charge in [0.1, 0.15) is 18.1 Å². The largest absolute Gasteiger partial charge is 0.497 e. The zero-order valence-electron chi connectivity index (χ0n) is 12.3. The van der Waals surface area contributed by atoms with Gasteiger partial charge in [-0.05, 0) is 48.2 Å². The molecule has 3 rings (SSSR count). The summed E-state index contributed by atoms with van der Waals surface area (Å²) in [6, 6.07) is 17.0. The van der Waals surface area contributed by atoms with Gasteiger partial charge in [0.15, 0.2) is 0 Å². The van der Waals surface area contributed by atoms with Crippen LogP contribution in [0.3, 0.4) is 0 Å². The molecule has 0 saturated heterocycles. The summed E-state index contributed by atoms with van der Waals surface area (Å²) in [5, 5.41) is 3.52. The van der Waals surface area contributed by atoms with E-state index in [0.717, 1.165) is 29.6 Å². The van der Waals surface area contributed by atoms with Crippen LogP contribution in [0.25, 0.3) is 0 Å². The van der Waals surface area contributed by atoms with E-state index in [9.17, 15) is 0 Å². The van der Waals surface area contributed by atoms with Crippen molar-refractivity contribution in [1.82, 2.24) is 5.32 Å². The van der Waals surface area contributed by atoms with E-state index >= 15 is 0 Å². The van der Waals surface area contributed by atoms with Crippen molar-refractivity contribution in [2.24, 2.45) is 0 Å². The van der Waals surface area contributed by atoms with Gasteiger partial charge in [-0.1, -0.05) is 24.3 Å². The fourth-order valence-corrected chi connectivity index (χ4v) is 2.22. The second kappa shape index (κ2) is 6.64. The lowest BCUT2D eigenvalue weighted by atomic mass is 10.2. The molecule has 1 aliphatic carbocycles. The Labute approximate surface area is 125 Å². The highest BCUT2D eigenvalue weighted by atomic mass is 16.5. The Morgan fingerprint density at radius 3 is 2.48 bits per heavy atom. The normalized spacial score (nSPS) is 14.0. The molecule has 0 heterocycles. The van der Waals surface area contributed by atoms with E-state index in [1.165, 1.54) is 18.4 Å². The van der Waals surface area contributed by atoms with Crippen LogP contribution in [0.2, 0.25) is 0 Å². The molecule has 0 bridgehead atoms. The summed E-state index contributed by atoms with van der Waals surface area (Å²) in [4.78, 5) is 0. The smallest absolute Gasteiger partial charge is 0.120 e. The van der Waals surface area contributed by atoms with Crippen molar-refractivity contribution < 1.29 is 9.47 Å². The third kappa shape index (κ3) is 4.23. The topological polar surface area (TPSA) is 30.5 Å². The minimum Gasteiger partial charge on any atom is -0.497 e. The summed E-state index contributed by atoms with van der Waals surface area (Å²) in [5.74, 6) is 1.77. The number of ether oxygens (including phenoxy) is 2. The van der Waals surface area contributed by atoms with Gasteiger partial charge in [0, 0.05) is 12.6 Å². The molecule has 0 aromatic heterocycles. The standard InChI is InChI=1S/C18H21NO2/c1-20-17-6-3-5-15(11-17)13-21-18-7-2-4-14(10-18)12-19-16-8-9-16/h2-7,10-11,16,19H,8-9,12-13H2,1H3. The molecule has 0 unspecified atom stereocenters. The first-order chi connectivity index (χ1) is 10.3. The number of benzene rings is 2. The van der Waals surface area contributed by atoms with Crippen LogP contribution in [0.1, 0.15) is 24.0 Å². The second-order valence-electron chi connectivity index (χ2n) is 5.44. The van der Waals surface area contributed by atoms with E-state index in [1.54, 1.807) is 7.11 Å². The summed E-state index contributed by atoms with van der Waals surface area (Å²) < 4.78 is 11.1. The fraction of sp³-hybridized carbons (Fsp3) is 0.333. The Kier molecular flexibility index (Phi) is 4.41. The quantitative estimate of drug-likeness (QED) is 0.843. The van der Waals surface area contributed by atoms with E-state index in [-0.39, 0.29) is 0 Å². The zero-order valence-corrected chi connectivity index (χ0v) is 12.3. The van der Waals surface area contributed by atoms with Gasteiger partial charge in [-0.15, -0.1) is 0 Å². The van der Waals surface area contributed by atoms with Gasteiger partial charge in [-0.25, -0.2) is 0 Å². The Morgan fingerprint density at radius 2 is 1.71 bits per heavy atom. The summed E-state index contributed by atoms with van der Waals surface area (Å²) in [5.41, 5.74) is 2.38. The Bertz CT molecular complexity index is 593. The minimum atomic E-state index is 0.552. The predicted octanol–water partition coefficient (Wildman–Crippen LogP) is 3.53. The highest BCUT2D eigenvalue weighted by Gasteiger charge is 2.19. The number of rotatable bonds is 7. The lowest BCUT2D eigenvalue weighted by Crippen LogP contribution is -2.15. The zero-order chi connectivity index (χ0) is 14.5. The predicted molar refractivity (Wildman–Crippen MR) is 83.6 cm³/mol. The van der Waals surface area contributed by atoms with Crippen LogP contribution in [0.15, 0.2) is 48.5 Å². The van der Waals surface area contributed by atoms with E-state index in [0.29, 0.717) is 6.61 Å². The monoisotopic (exact) mass is 283 g/mol. The maximum Gasteiger partial charge on any atom is 0.120 e. The van der Waals surface area contributed by atoms with Crippen molar-refractivity contribution in [2.45, 2.75) is 32.0 Å². The lowest BCUT2D eigenvalue weighted by Gasteiger charge is -2.09. The first-order valence-electron chi connectivity index (χ1n) is 7.41. The van der Waals surface area contributed by atoms with Crippen LogP contribution in [-0.4, -0.2) is 13.2 Å². The summed E-state index contributed by atoms with van der Waals surface area (Å²) >= 11 is 0. The van der Waals surface area contributed by atoms with Crippen LogP contribution >= 0.6 is 0 Å². The van der Waals surface area contributed by atoms with Gasteiger partial charge in [0.25, 0.3) is 0 Å². The highest BCUT2D eigenvalue weighted by Crippen LogP contribution is 2.21. The van der Waals surface area contributed by atoms with Crippen LogP contribution < -0.4 is 14.8 Å². The van der Waals surface area contributed by atoms with Crippen molar-refractivity contribution in [3.05, 3.63) is 59.7 Å². The Hall–Kier alpha value is -2.00. The molecule has 2 aromatic rings. The third-order valence-corrected chi connectivity index (χ3v) is 3.61. The maximum atomic E-state index is 5.87. The van der Waals surface area contributed by atoms with Crippen molar-refractivity contribution in [1.29, 1.82) is 0 Å². The molecule has 1 aliphatic rings. The molecule has 0 spiro atoms. The summed E-state index contributed by atoms with van der Waals surface area (Å²) in [6.07, 6.45) is 2.62. The van der Waals surface area contributed by atoms with Gasteiger partial charge >= 0.3 is 0 Å². The van der Waals surface area contributed by atoms with Gasteiger partial charge < -0.3 is 14.8 Å². The number of methoxy groups -OCH3 is 1. The first-order valence-corrected chi connectivity index (χ1v) is 7.41. The van der Waals surface area contributed by atoms with E-state index in [2.05, 4.69) is 17.4 Å². The number of hydrogen-bond acceptors (Lipinski definition) is 3. The van der Waals surface area contributed by atoms with Gasteiger partial charge in [-0.2, -0.15) is 0 Å². The lowest BCUT2D eigenvalue weighted by molar-refractivity contribution is 0.305. The van der Waals surface area contributed by atoms with Crippen LogP contribution in [-0.2, 0) is 13.2 Å². The number of hydrogen-bond donors (Lipinski definition) is 1. The SMILES string of the molecule is COc1cccc(COc2cccc(CNC3CC3)c2)c1. The van der Waals surface area contributed by atoms with E-state index in [1.807, 2.05) is 36.4 Å². The molecule has 0 atom stereocenters. The van der Waals surface area contributed by atoms with Crippen molar-refractivity contribution in [2.75, 3.05) is 7.11 Å². The molecule has 3 nitrogen and oxygen atoms in total. The average molecular weight is 283 g/mol. The molecule has 2 aromatic carbocycles. The van der Waals surface area contributed by atoms with Crippen molar-refractivity contribution >= 4 is 0 Å². The molecular weight excluding hydrogens is 262 g/mol. The average Bonchev–Trinajstić information content (AvgIpc) is 3.36. The van der Waals surface area contributed by atoms with E-state index < -0.39 is 0 Å². The highest BCUT2D eigenvalue weighted by molar-refractivity contribution is 5.31. The molecule has 0 aliphatic heterocycles. The van der Waals surface area contributed by atoms with Gasteiger partial charge in [0.2, 0.25) is 0 Å². The van der Waals surface area contributed by atoms with Crippen molar-refractivity contribution in [3.8, 4) is 11.5 Å². The first kappa shape index (κ1) is 14.0. The van der Waals surface area contributed by atoms with Crippen LogP contribution in [0.4, 0.5) is 0 Å². The van der Waals surface area contributed by atoms with Gasteiger partial charge in [0.05, 0.1) is 7.11 Å². The molecular formula is C18H21NO2. The molecule has 110 valence electrons. The third-order valence-electron chi connectivity index (χ3n) is 3.61. The summed E-state index contributed by atoms with van der Waals surface area (Å²) in [7, 11) is 1.68. The number of nitrogens with one attached hydrogen (secondary N) is 1. The van der Waals surface area contributed by atoms with Crippen LogP contribution in [0.5, 0.6) is 11.5 Å².